The number of rotatable bonds is 2. The van der Waals surface area contributed by atoms with Gasteiger partial charge in [0.05, 0.1) is 4.90 Å². The first-order valence-electron chi connectivity index (χ1n) is 7.06. The average molecular weight is 330 g/mol. The van der Waals surface area contributed by atoms with Crippen LogP contribution in [0.15, 0.2) is 23.1 Å². The molecule has 2 atom stereocenters. The van der Waals surface area contributed by atoms with Crippen molar-refractivity contribution in [3.05, 3.63) is 29.3 Å². The number of hydrogen-bond acceptors (Lipinski definition) is 3. The van der Waals surface area contributed by atoms with Crippen LogP contribution in [0.5, 0.6) is 0 Å². The SMILES string of the molecule is Cc1ccc(C(=O)N2CCC(C)CC2C)cc1S(=O)(=O)Cl. The molecule has 1 amide bonds. The van der Waals surface area contributed by atoms with Crippen molar-refractivity contribution in [1.29, 1.82) is 0 Å². The number of carbonyl (C=O) groups excluding carboxylic acids is 1. The minimum absolute atomic E-state index is 0.00745. The Labute approximate surface area is 130 Å². The van der Waals surface area contributed by atoms with Crippen molar-refractivity contribution < 1.29 is 13.2 Å². The lowest BCUT2D eigenvalue weighted by Crippen LogP contribution is -2.44. The van der Waals surface area contributed by atoms with Gasteiger partial charge in [-0.15, -0.1) is 0 Å². The van der Waals surface area contributed by atoms with E-state index in [1.54, 1.807) is 19.1 Å². The maximum Gasteiger partial charge on any atom is 0.261 e. The van der Waals surface area contributed by atoms with E-state index in [4.69, 9.17) is 10.7 Å². The molecule has 116 valence electrons. The van der Waals surface area contributed by atoms with Crippen LogP contribution >= 0.6 is 10.7 Å². The Morgan fingerprint density at radius 2 is 2.00 bits per heavy atom. The second kappa shape index (κ2) is 5.97. The molecule has 6 heteroatoms. The van der Waals surface area contributed by atoms with E-state index in [2.05, 4.69) is 6.92 Å². The molecule has 1 aliphatic rings. The molecule has 0 N–H and O–H groups in total. The van der Waals surface area contributed by atoms with Crippen LogP contribution in [0.2, 0.25) is 0 Å². The third kappa shape index (κ3) is 3.58. The molecule has 2 rings (SSSR count). The van der Waals surface area contributed by atoms with E-state index < -0.39 is 9.05 Å². The van der Waals surface area contributed by atoms with Gasteiger partial charge in [-0.25, -0.2) is 8.42 Å². The quantitative estimate of drug-likeness (QED) is 0.783. The highest BCUT2D eigenvalue weighted by atomic mass is 35.7. The number of hydrogen-bond donors (Lipinski definition) is 0. The fourth-order valence-electron chi connectivity index (χ4n) is 2.87. The molecule has 0 aliphatic carbocycles. The molecule has 2 unspecified atom stereocenters. The van der Waals surface area contributed by atoms with E-state index in [-0.39, 0.29) is 16.8 Å². The summed E-state index contributed by atoms with van der Waals surface area (Å²) in [5, 5.41) is 0. The summed E-state index contributed by atoms with van der Waals surface area (Å²) in [7, 11) is 1.58. The molecule has 0 aromatic heterocycles. The number of piperidine rings is 1. The van der Waals surface area contributed by atoms with Gasteiger partial charge in [-0.3, -0.25) is 4.79 Å². The molecule has 0 bridgehead atoms. The Hall–Kier alpha value is -1.07. The number of benzene rings is 1. The van der Waals surface area contributed by atoms with Gasteiger partial charge in [-0.2, -0.15) is 0 Å². The predicted octanol–water partition coefficient (Wildman–Crippen LogP) is 3.18. The zero-order valence-electron chi connectivity index (χ0n) is 12.5. The number of aryl methyl sites for hydroxylation is 1. The Balaban J connectivity index is 2.32. The second-order valence-corrected chi connectivity index (χ2v) is 8.43. The predicted molar refractivity (Wildman–Crippen MR) is 83.1 cm³/mol. The highest BCUT2D eigenvalue weighted by Crippen LogP contribution is 2.26. The van der Waals surface area contributed by atoms with E-state index in [1.165, 1.54) is 6.07 Å². The molecule has 1 heterocycles. The van der Waals surface area contributed by atoms with Crippen LogP contribution in [-0.4, -0.2) is 31.8 Å². The Morgan fingerprint density at radius 3 is 2.57 bits per heavy atom. The zero-order chi connectivity index (χ0) is 15.8. The molecule has 0 spiro atoms. The van der Waals surface area contributed by atoms with Crippen LogP contribution in [0, 0.1) is 12.8 Å². The van der Waals surface area contributed by atoms with Gasteiger partial charge in [0.25, 0.3) is 15.0 Å². The van der Waals surface area contributed by atoms with Crippen molar-refractivity contribution >= 4 is 25.6 Å². The van der Waals surface area contributed by atoms with Crippen molar-refractivity contribution in [3.8, 4) is 0 Å². The number of carbonyl (C=O) groups is 1. The molecule has 0 saturated carbocycles. The number of halogens is 1. The summed E-state index contributed by atoms with van der Waals surface area (Å²) in [6, 6.07) is 4.83. The fourth-order valence-corrected chi connectivity index (χ4v) is 4.09. The van der Waals surface area contributed by atoms with E-state index in [1.807, 2.05) is 11.8 Å². The van der Waals surface area contributed by atoms with Gasteiger partial charge in [-0.1, -0.05) is 13.0 Å². The third-order valence-electron chi connectivity index (χ3n) is 4.10. The minimum atomic E-state index is -3.84. The van der Waals surface area contributed by atoms with E-state index in [0.717, 1.165) is 12.8 Å². The average Bonchev–Trinajstić information content (AvgIpc) is 2.37. The smallest absolute Gasteiger partial charge is 0.261 e. The Morgan fingerprint density at radius 1 is 1.33 bits per heavy atom. The summed E-state index contributed by atoms with van der Waals surface area (Å²) >= 11 is 0. The third-order valence-corrected chi connectivity index (χ3v) is 5.56. The van der Waals surface area contributed by atoms with Crippen molar-refractivity contribution in [1.82, 2.24) is 4.90 Å². The molecule has 0 radical (unpaired) electrons. The van der Waals surface area contributed by atoms with Crippen LogP contribution in [0.4, 0.5) is 0 Å². The largest absolute Gasteiger partial charge is 0.336 e. The standard InChI is InChI=1S/C15H20ClNO3S/c1-10-6-7-17(12(3)8-10)15(18)13-5-4-11(2)14(9-13)21(16,19)20/h4-5,9-10,12H,6-8H2,1-3H3. The van der Waals surface area contributed by atoms with Gasteiger partial charge in [0.2, 0.25) is 0 Å². The van der Waals surface area contributed by atoms with Crippen molar-refractivity contribution in [2.24, 2.45) is 5.92 Å². The van der Waals surface area contributed by atoms with Gasteiger partial charge in [0.1, 0.15) is 0 Å². The first-order valence-corrected chi connectivity index (χ1v) is 9.37. The Bertz CT molecular complexity index is 657. The van der Waals surface area contributed by atoms with Gasteiger partial charge in [-0.05, 0) is 50.3 Å². The van der Waals surface area contributed by atoms with Crippen molar-refractivity contribution in [3.63, 3.8) is 0 Å². The first kappa shape index (κ1) is 16.3. The van der Waals surface area contributed by atoms with Gasteiger partial charge in [0.15, 0.2) is 0 Å². The van der Waals surface area contributed by atoms with E-state index in [9.17, 15) is 13.2 Å². The second-order valence-electron chi connectivity index (χ2n) is 5.90. The lowest BCUT2D eigenvalue weighted by Gasteiger charge is -2.36. The highest BCUT2D eigenvalue weighted by Gasteiger charge is 2.28. The minimum Gasteiger partial charge on any atom is -0.336 e. The summed E-state index contributed by atoms with van der Waals surface area (Å²) < 4.78 is 23.1. The highest BCUT2D eigenvalue weighted by molar-refractivity contribution is 8.13. The van der Waals surface area contributed by atoms with Crippen LogP contribution in [0.25, 0.3) is 0 Å². The van der Waals surface area contributed by atoms with Crippen molar-refractivity contribution in [2.75, 3.05) is 6.54 Å². The van der Waals surface area contributed by atoms with Gasteiger partial charge < -0.3 is 4.90 Å². The van der Waals surface area contributed by atoms with Gasteiger partial charge >= 0.3 is 0 Å². The molecule has 1 saturated heterocycles. The lowest BCUT2D eigenvalue weighted by molar-refractivity contribution is 0.0588. The monoisotopic (exact) mass is 329 g/mol. The molecular weight excluding hydrogens is 310 g/mol. The summed E-state index contributed by atoms with van der Waals surface area (Å²) in [5.74, 6) is 0.483. The van der Waals surface area contributed by atoms with E-state index >= 15 is 0 Å². The summed E-state index contributed by atoms with van der Waals surface area (Å²) in [6.45, 7) is 6.58. The number of amides is 1. The van der Waals surface area contributed by atoms with Gasteiger partial charge in [0, 0.05) is 28.8 Å². The van der Waals surface area contributed by atoms with Crippen LogP contribution in [0.1, 0.15) is 42.6 Å². The van der Waals surface area contributed by atoms with Crippen molar-refractivity contribution in [2.45, 2.75) is 44.6 Å². The maximum atomic E-state index is 12.6. The topological polar surface area (TPSA) is 54.5 Å². The normalized spacial score (nSPS) is 23.1. The molecule has 1 aliphatic heterocycles. The zero-order valence-corrected chi connectivity index (χ0v) is 14.0. The molecular formula is C15H20ClNO3S. The summed E-state index contributed by atoms with van der Waals surface area (Å²) in [6.07, 6.45) is 1.95. The maximum absolute atomic E-state index is 12.6. The lowest BCUT2D eigenvalue weighted by atomic mass is 9.93. The van der Waals surface area contributed by atoms with Crippen LogP contribution in [-0.2, 0) is 9.05 Å². The summed E-state index contributed by atoms with van der Waals surface area (Å²) in [5.41, 5.74) is 0.920. The van der Waals surface area contributed by atoms with Crippen LogP contribution < -0.4 is 0 Å². The van der Waals surface area contributed by atoms with E-state index in [0.29, 0.717) is 23.6 Å². The van der Waals surface area contributed by atoms with Crippen LogP contribution in [0.3, 0.4) is 0 Å². The summed E-state index contributed by atoms with van der Waals surface area (Å²) in [4.78, 5) is 14.4. The molecule has 4 nitrogen and oxygen atoms in total. The number of likely N-dealkylation sites (tertiary alicyclic amines) is 1. The Kier molecular flexibility index (Phi) is 4.63. The first-order chi connectivity index (χ1) is 9.70. The number of nitrogens with zero attached hydrogens (tertiary/aromatic N) is 1. The molecule has 1 aromatic carbocycles. The molecule has 21 heavy (non-hydrogen) atoms. The fraction of sp³-hybridized carbons (Fsp3) is 0.533. The molecule has 1 aromatic rings. The molecule has 1 fully saturated rings.